The minimum absolute atomic E-state index is 0.229. The minimum atomic E-state index is -0.229. The Morgan fingerprint density at radius 2 is 2.11 bits per heavy atom. The van der Waals surface area contributed by atoms with Crippen LogP contribution in [-0.4, -0.2) is 10.9 Å². The number of halogens is 3. The summed E-state index contributed by atoms with van der Waals surface area (Å²) in [7, 11) is 0. The largest absolute Gasteiger partial charge is 0.307 e. The molecule has 0 unspecified atom stereocenters. The van der Waals surface area contributed by atoms with E-state index < -0.39 is 0 Å². The van der Waals surface area contributed by atoms with E-state index in [4.69, 9.17) is 11.6 Å². The van der Waals surface area contributed by atoms with Gasteiger partial charge in [0.05, 0.1) is 10.7 Å². The van der Waals surface area contributed by atoms with Crippen LogP contribution in [0, 0.1) is 10.5 Å². The van der Waals surface area contributed by atoms with Gasteiger partial charge in [-0.15, -0.1) is 0 Å². The van der Waals surface area contributed by atoms with Crippen molar-refractivity contribution in [3.05, 3.63) is 54.7 Å². The molecule has 0 aliphatic carbocycles. The van der Waals surface area contributed by atoms with Crippen LogP contribution in [0.2, 0.25) is 5.02 Å². The topological polar surface area (TPSA) is 42.0 Å². The highest BCUT2D eigenvalue weighted by molar-refractivity contribution is 14.1. The van der Waals surface area contributed by atoms with Crippen molar-refractivity contribution in [3.8, 4) is 0 Å². The molecule has 0 saturated heterocycles. The highest BCUT2D eigenvalue weighted by atomic mass is 127. The van der Waals surface area contributed by atoms with Crippen LogP contribution >= 0.6 is 50.1 Å². The van der Waals surface area contributed by atoms with Gasteiger partial charge in [-0.25, -0.2) is 4.98 Å². The molecule has 19 heavy (non-hydrogen) atoms. The predicted molar refractivity (Wildman–Crippen MR) is 88.8 cm³/mol. The third-order valence-electron chi connectivity index (χ3n) is 2.44. The number of benzene rings is 1. The van der Waals surface area contributed by atoms with Crippen molar-refractivity contribution in [3.63, 3.8) is 0 Å². The summed E-state index contributed by atoms with van der Waals surface area (Å²) in [5.74, 6) is 0.285. The molecule has 1 N–H and O–H groups in total. The highest BCUT2D eigenvalue weighted by Crippen LogP contribution is 2.21. The van der Waals surface area contributed by atoms with Gasteiger partial charge in [-0.1, -0.05) is 11.6 Å². The molecule has 6 heteroatoms. The summed E-state index contributed by atoms with van der Waals surface area (Å²) < 4.78 is 1.82. The lowest BCUT2D eigenvalue weighted by Gasteiger charge is -2.07. The normalized spacial score (nSPS) is 10.3. The molecule has 1 aromatic heterocycles. The van der Waals surface area contributed by atoms with Gasteiger partial charge in [0, 0.05) is 13.6 Å². The van der Waals surface area contributed by atoms with E-state index in [0.29, 0.717) is 16.4 Å². The monoisotopic (exact) mass is 450 g/mol. The summed E-state index contributed by atoms with van der Waals surface area (Å²) in [6.07, 6.45) is 0. The van der Waals surface area contributed by atoms with Crippen LogP contribution in [-0.2, 0) is 0 Å². The maximum absolute atomic E-state index is 12.0. The molecule has 0 saturated carbocycles. The number of nitrogens with zero attached hydrogens (tertiary/aromatic N) is 1. The number of rotatable bonds is 2. The maximum Gasteiger partial charge on any atom is 0.256 e. The molecule has 0 atom stereocenters. The number of hydrogen-bond donors (Lipinski definition) is 1. The summed E-state index contributed by atoms with van der Waals surface area (Å²) in [6.45, 7) is 1.86. The number of hydrogen-bond acceptors (Lipinski definition) is 2. The van der Waals surface area contributed by atoms with E-state index in [9.17, 15) is 4.79 Å². The Balaban J connectivity index is 2.20. The Kier molecular flexibility index (Phi) is 4.81. The molecular weight excluding hydrogens is 442 g/mol. The fraction of sp³-hybridized carbons (Fsp3) is 0.0769. The molecule has 1 aromatic carbocycles. The van der Waals surface area contributed by atoms with E-state index >= 15 is 0 Å². The molecule has 1 amide bonds. The molecule has 3 nitrogen and oxygen atoms in total. The lowest BCUT2D eigenvalue weighted by atomic mass is 10.2. The summed E-state index contributed by atoms with van der Waals surface area (Å²) in [5.41, 5.74) is 1.33. The van der Waals surface area contributed by atoms with Crippen LogP contribution < -0.4 is 5.32 Å². The summed E-state index contributed by atoms with van der Waals surface area (Å²) in [6, 6.07) is 8.76. The smallest absolute Gasteiger partial charge is 0.256 e. The number of carbonyl (C=O) groups excluding carboxylic acids is 1. The second-order valence-electron chi connectivity index (χ2n) is 3.85. The highest BCUT2D eigenvalue weighted by Gasteiger charge is 2.09. The van der Waals surface area contributed by atoms with Crippen LogP contribution in [0.5, 0.6) is 0 Å². The number of nitrogens with one attached hydrogen (secondary N) is 1. The lowest BCUT2D eigenvalue weighted by Crippen LogP contribution is -2.13. The lowest BCUT2D eigenvalue weighted by molar-refractivity contribution is 0.102. The molecule has 0 spiro atoms. The Labute approximate surface area is 138 Å². The van der Waals surface area contributed by atoms with Gasteiger partial charge in [-0.2, -0.15) is 0 Å². The van der Waals surface area contributed by atoms with Crippen molar-refractivity contribution in [2.24, 2.45) is 0 Å². The van der Waals surface area contributed by atoms with Gasteiger partial charge < -0.3 is 5.32 Å². The Morgan fingerprint density at radius 1 is 1.37 bits per heavy atom. The third kappa shape index (κ3) is 3.67. The van der Waals surface area contributed by atoms with Crippen molar-refractivity contribution in [1.82, 2.24) is 4.98 Å². The van der Waals surface area contributed by atoms with Gasteiger partial charge in [0.1, 0.15) is 5.82 Å². The van der Waals surface area contributed by atoms with Gasteiger partial charge in [0.15, 0.2) is 0 Å². The zero-order valence-corrected chi connectivity index (χ0v) is 14.4. The molecule has 0 fully saturated rings. The SMILES string of the molecule is Cc1nc(NC(=O)c2ccc(I)c(Cl)c2)ccc1Br. The van der Waals surface area contributed by atoms with Gasteiger partial charge in [-0.05, 0) is 75.8 Å². The van der Waals surface area contributed by atoms with Crippen LogP contribution in [0.4, 0.5) is 5.82 Å². The van der Waals surface area contributed by atoms with Crippen LogP contribution in [0.15, 0.2) is 34.8 Å². The number of anilines is 1. The van der Waals surface area contributed by atoms with E-state index in [1.165, 1.54) is 0 Å². The molecule has 0 aliphatic heterocycles. The Bertz CT molecular complexity index is 649. The fourth-order valence-electron chi connectivity index (χ4n) is 1.44. The first-order valence-electron chi connectivity index (χ1n) is 5.37. The molecule has 0 bridgehead atoms. The van der Waals surface area contributed by atoms with Crippen molar-refractivity contribution < 1.29 is 4.79 Å². The van der Waals surface area contributed by atoms with E-state index in [1.54, 1.807) is 24.3 Å². The fourth-order valence-corrected chi connectivity index (χ4v) is 2.18. The Hall–Kier alpha value is -0.660. The zero-order chi connectivity index (χ0) is 14.0. The van der Waals surface area contributed by atoms with E-state index in [-0.39, 0.29) is 5.91 Å². The third-order valence-corrected chi connectivity index (χ3v) is 4.86. The number of aromatic nitrogens is 1. The number of pyridine rings is 1. The van der Waals surface area contributed by atoms with E-state index in [1.807, 2.05) is 13.0 Å². The minimum Gasteiger partial charge on any atom is -0.307 e. The molecule has 98 valence electrons. The van der Waals surface area contributed by atoms with Crippen molar-refractivity contribution in [2.45, 2.75) is 6.92 Å². The molecule has 0 radical (unpaired) electrons. The summed E-state index contributed by atoms with van der Waals surface area (Å²) in [5, 5.41) is 3.30. The van der Waals surface area contributed by atoms with Gasteiger partial charge in [0.25, 0.3) is 5.91 Å². The average molecular weight is 451 g/mol. The number of carbonyl (C=O) groups is 1. The van der Waals surface area contributed by atoms with Crippen LogP contribution in [0.1, 0.15) is 16.1 Å². The number of amides is 1. The van der Waals surface area contributed by atoms with Gasteiger partial charge in [-0.3, -0.25) is 4.79 Å². The zero-order valence-electron chi connectivity index (χ0n) is 9.88. The van der Waals surface area contributed by atoms with Gasteiger partial charge >= 0.3 is 0 Å². The van der Waals surface area contributed by atoms with Gasteiger partial charge in [0.2, 0.25) is 0 Å². The molecule has 2 rings (SSSR count). The summed E-state index contributed by atoms with van der Waals surface area (Å²) >= 11 is 11.5. The maximum atomic E-state index is 12.0. The molecule has 1 heterocycles. The molecular formula is C13H9BrClIN2O. The second kappa shape index (κ2) is 6.19. The first-order valence-corrected chi connectivity index (χ1v) is 7.62. The van der Waals surface area contributed by atoms with Crippen LogP contribution in [0.3, 0.4) is 0 Å². The average Bonchev–Trinajstić information content (AvgIpc) is 2.37. The van der Waals surface area contributed by atoms with E-state index in [0.717, 1.165) is 13.7 Å². The quantitative estimate of drug-likeness (QED) is 0.675. The van der Waals surface area contributed by atoms with Crippen LogP contribution in [0.25, 0.3) is 0 Å². The summed E-state index contributed by atoms with van der Waals surface area (Å²) in [4.78, 5) is 16.3. The predicted octanol–water partition coefficient (Wildman–Crippen LogP) is 4.66. The van der Waals surface area contributed by atoms with Crippen molar-refractivity contribution in [2.75, 3.05) is 5.32 Å². The number of aryl methyl sites for hydroxylation is 1. The second-order valence-corrected chi connectivity index (χ2v) is 6.27. The molecule has 0 aliphatic rings. The first-order chi connectivity index (χ1) is 8.97. The van der Waals surface area contributed by atoms with Crippen molar-refractivity contribution in [1.29, 1.82) is 0 Å². The van der Waals surface area contributed by atoms with Crippen molar-refractivity contribution >= 4 is 61.8 Å². The van der Waals surface area contributed by atoms with E-state index in [2.05, 4.69) is 48.8 Å². The standard InChI is InChI=1S/C13H9BrClIN2O/c1-7-9(14)3-5-12(17-7)18-13(19)8-2-4-11(16)10(15)6-8/h2-6H,1H3,(H,17,18,19). The first kappa shape index (κ1) is 14.7. The molecule has 2 aromatic rings. The Morgan fingerprint density at radius 3 is 2.74 bits per heavy atom.